The van der Waals surface area contributed by atoms with Crippen LogP contribution in [-0.4, -0.2) is 24.8 Å². The number of non-ortho nitro benzene ring substituents is 1. The van der Waals surface area contributed by atoms with Crippen LogP contribution in [0.1, 0.15) is 18.0 Å². The van der Waals surface area contributed by atoms with Crippen molar-refractivity contribution < 1.29 is 13.3 Å². The molecule has 1 aliphatic heterocycles. The second-order valence-corrected chi connectivity index (χ2v) is 6.77. The summed E-state index contributed by atoms with van der Waals surface area (Å²) >= 11 is 0. The normalized spacial score (nSPS) is 23.7. The highest BCUT2D eigenvalue weighted by molar-refractivity contribution is 7.91. The molecule has 1 aromatic rings. The summed E-state index contributed by atoms with van der Waals surface area (Å²) in [6.45, 7) is 0. The summed E-state index contributed by atoms with van der Waals surface area (Å²) < 4.78 is 22.8. The smallest absolute Gasteiger partial charge is 0.269 e. The third kappa shape index (κ3) is 2.68. The van der Waals surface area contributed by atoms with Crippen molar-refractivity contribution in [1.29, 1.82) is 0 Å². The SMILES string of the molecule is NC(c1cccc([N+](=O)[O-])c1)C1CCS(=O)(=O)C1. The van der Waals surface area contributed by atoms with Gasteiger partial charge in [-0.3, -0.25) is 10.1 Å². The van der Waals surface area contributed by atoms with Crippen LogP contribution in [0.2, 0.25) is 0 Å². The molecule has 1 heterocycles. The van der Waals surface area contributed by atoms with Crippen molar-refractivity contribution in [3.63, 3.8) is 0 Å². The van der Waals surface area contributed by atoms with E-state index in [0.29, 0.717) is 12.0 Å². The number of hydrogen-bond acceptors (Lipinski definition) is 5. The van der Waals surface area contributed by atoms with E-state index in [1.807, 2.05) is 0 Å². The number of nitrogens with two attached hydrogens (primary N) is 1. The first-order chi connectivity index (χ1) is 8.39. The molecule has 2 atom stereocenters. The number of nitro groups is 1. The predicted octanol–water partition coefficient (Wildman–Crippen LogP) is 1.03. The number of hydrogen-bond donors (Lipinski definition) is 1. The van der Waals surface area contributed by atoms with E-state index in [1.165, 1.54) is 12.1 Å². The van der Waals surface area contributed by atoms with Crippen molar-refractivity contribution in [3.8, 4) is 0 Å². The first-order valence-corrected chi connectivity index (χ1v) is 7.41. The number of sulfone groups is 1. The minimum absolute atomic E-state index is 0.0243. The molecule has 1 fully saturated rings. The maximum absolute atomic E-state index is 11.4. The molecule has 2 rings (SSSR count). The van der Waals surface area contributed by atoms with Gasteiger partial charge in [0.1, 0.15) is 0 Å². The maximum Gasteiger partial charge on any atom is 0.269 e. The van der Waals surface area contributed by atoms with Crippen molar-refractivity contribution in [1.82, 2.24) is 0 Å². The molecule has 1 aromatic carbocycles. The molecule has 6 nitrogen and oxygen atoms in total. The third-order valence-corrected chi connectivity index (χ3v) is 5.04. The van der Waals surface area contributed by atoms with E-state index in [-0.39, 0.29) is 23.1 Å². The molecule has 0 bridgehead atoms. The first kappa shape index (κ1) is 13.0. The van der Waals surface area contributed by atoms with Crippen LogP contribution >= 0.6 is 0 Å². The van der Waals surface area contributed by atoms with Crippen LogP contribution in [0.3, 0.4) is 0 Å². The van der Waals surface area contributed by atoms with Gasteiger partial charge in [0, 0.05) is 18.2 Å². The Morgan fingerprint density at radius 3 is 2.72 bits per heavy atom. The maximum atomic E-state index is 11.4. The Balaban J connectivity index is 2.21. The summed E-state index contributed by atoms with van der Waals surface area (Å²) in [7, 11) is -2.99. The molecule has 2 unspecified atom stereocenters. The van der Waals surface area contributed by atoms with Gasteiger partial charge < -0.3 is 5.73 Å². The summed E-state index contributed by atoms with van der Waals surface area (Å²) in [6.07, 6.45) is 0.520. The molecular formula is C11H14N2O4S. The molecular weight excluding hydrogens is 256 g/mol. The zero-order valence-electron chi connectivity index (χ0n) is 9.65. The predicted molar refractivity (Wildman–Crippen MR) is 66.8 cm³/mol. The standard InChI is InChI=1S/C11H14N2O4S/c12-11(9-4-5-18(16,17)7-9)8-2-1-3-10(6-8)13(14)15/h1-3,6,9,11H,4-5,7,12H2. The molecule has 0 aromatic heterocycles. The Kier molecular flexibility index (Phi) is 3.36. The minimum Gasteiger partial charge on any atom is -0.324 e. The van der Waals surface area contributed by atoms with Crippen molar-refractivity contribution in [2.45, 2.75) is 12.5 Å². The van der Waals surface area contributed by atoms with Crippen LogP contribution in [0.15, 0.2) is 24.3 Å². The summed E-state index contributed by atoms with van der Waals surface area (Å²) in [5.74, 6) is 0.0638. The van der Waals surface area contributed by atoms with E-state index in [9.17, 15) is 18.5 Å². The molecule has 0 spiro atoms. The summed E-state index contributed by atoms with van der Waals surface area (Å²) in [5, 5.41) is 10.7. The van der Waals surface area contributed by atoms with Crippen LogP contribution in [0.5, 0.6) is 0 Å². The van der Waals surface area contributed by atoms with Gasteiger partial charge in [0.25, 0.3) is 5.69 Å². The van der Waals surface area contributed by atoms with Gasteiger partial charge in [0.05, 0.1) is 16.4 Å². The molecule has 0 radical (unpaired) electrons. The topological polar surface area (TPSA) is 103 Å². The van der Waals surface area contributed by atoms with Crippen molar-refractivity contribution in [2.24, 2.45) is 11.7 Å². The van der Waals surface area contributed by atoms with Gasteiger partial charge in [0.2, 0.25) is 0 Å². The van der Waals surface area contributed by atoms with E-state index in [4.69, 9.17) is 5.73 Å². The molecule has 1 saturated heterocycles. The lowest BCUT2D eigenvalue weighted by Crippen LogP contribution is -2.22. The van der Waals surface area contributed by atoms with Gasteiger partial charge in [-0.25, -0.2) is 8.42 Å². The lowest BCUT2D eigenvalue weighted by molar-refractivity contribution is -0.384. The Morgan fingerprint density at radius 1 is 1.44 bits per heavy atom. The zero-order chi connectivity index (χ0) is 13.3. The molecule has 18 heavy (non-hydrogen) atoms. The average Bonchev–Trinajstić information content (AvgIpc) is 2.69. The van der Waals surface area contributed by atoms with Crippen LogP contribution in [0.4, 0.5) is 5.69 Å². The van der Waals surface area contributed by atoms with Crippen molar-refractivity contribution in [2.75, 3.05) is 11.5 Å². The quantitative estimate of drug-likeness (QED) is 0.652. The first-order valence-electron chi connectivity index (χ1n) is 5.59. The van der Waals surface area contributed by atoms with E-state index in [2.05, 4.69) is 0 Å². The fourth-order valence-electron chi connectivity index (χ4n) is 2.22. The number of benzene rings is 1. The van der Waals surface area contributed by atoms with Crippen molar-refractivity contribution >= 4 is 15.5 Å². The molecule has 2 N–H and O–H groups in total. The van der Waals surface area contributed by atoms with Gasteiger partial charge in [-0.2, -0.15) is 0 Å². The molecule has 0 aliphatic carbocycles. The van der Waals surface area contributed by atoms with Crippen LogP contribution in [-0.2, 0) is 9.84 Å². The minimum atomic E-state index is -2.99. The highest BCUT2D eigenvalue weighted by Gasteiger charge is 2.32. The molecule has 1 aliphatic rings. The average molecular weight is 270 g/mol. The van der Waals surface area contributed by atoms with Crippen molar-refractivity contribution in [3.05, 3.63) is 39.9 Å². The zero-order valence-corrected chi connectivity index (χ0v) is 10.5. The second-order valence-electron chi connectivity index (χ2n) is 4.54. The molecule has 98 valence electrons. The van der Waals surface area contributed by atoms with E-state index in [1.54, 1.807) is 12.1 Å². The van der Waals surface area contributed by atoms with Gasteiger partial charge >= 0.3 is 0 Å². The van der Waals surface area contributed by atoms with E-state index >= 15 is 0 Å². The molecule has 0 amide bonds. The Bertz CT molecular complexity index is 570. The van der Waals surface area contributed by atoms with Gasteiger partial charge in [0.15, 0.2) is 9.84 Å². The highest BCUT2D eigenvalue weighted by Crippen LogP contribution is 2.30. The highest BCUT2D eigenvalue weighted by atomic mass is 32.2. The van der Waals surface area contributed by atoms with Crippen LogP contribution < -0.4 is 5.73 Å². The fraction of sp³-hybridized carbons (Fsp3) is 0.455. The van der Waals surface area contributed by atoms with Crippen LogP contribution in [0, 0.1) is 16.0 Å². The molecule has 7 heteroatoms. The Labute approximate surface area is 105 Å². The number of rotatable bonds is 3. The fourth-order valence-corrected chi connectivity index (χ4v) is 4.08. The summed E-state index contributed by atoms with van der Waals surface area (Å²) in [5.41, 5.74) is 6.60. The lowest BCUT2D eigenvalue weighted by Gasteiger charge is -2.17. The monoisotopic (exact) mass is 270 g/mol. The number of nitrogens with zero attached hydrogens (tertiary/aromatic N) is 1. The van der Waals surface area contributed by atoms with E-state index in [0.717, 1.165) is 0 Å². The molecule has 0 saturated carbocycles. The summed E-state index contributed by atoms with van der Waals surface area (Å²) in [4.78, 5) is 10.2. The largest absolute Gasteiger partial charge is 0.324 e. The third-order valence-electron chi connectivity index (χ3n) is 3.24. The van der Waals surface area contributed by atoms with Gasteiger partial charge in [-0.05, 0) is 17.9 Å². The Morgan fingerprint density at radius 2 is 2.17 bits per heavy atom. The lowest BCUT2D eigenvalue weighted by atomic mass is 9.93. The van der Waals surface area contributed by atoms with Gasteiger partial charge in [-0.1, -0.05) is 12.1 Å². The summed E-state index contributed by atoms with van der Waals surface area (Å²) in [6, 6.07) is 5.60. The number of nitro benzene ring substituents is 1. The Hall–Kier alpha value is -1.47. The van der Waals surface area contributed by atoms with E-state index < -0.39 is 20.8 Å². The van der Waals surface area contributed by atoms with Gasteiger partial charge in [-0.15, -0.1) is 0 Å². The van der Waals surface area contributed by atoms with Crippen LogP contribution in [0.25, 0.3) is 0 Å². The second kappa shape index (κ2) is 4.66.